The van der Waals surface area contributed by atoms with Gasteiger partial charge in [-0.15, -0.1) is 0 Å². The van der Waals surface area contributed by atoms with E-state index in [4.69, 9.17) is 9.47 Å². The van der Waals surface area contributed by atoms with Gasteiger partial charge < -0.3 is 9.47 Å². The molecule has 0 spiro atoms. The Hall–Kier alpha value is -1.40. The van der Waals surface area contributed by atoms with Gasteiger partial charge in [0.1, 0.15) is 0 Å². The first-order chi connectivity index (χ1) is 10.3. The normalized spacial score (nSPS) is 19.9. The lowest BCUT2D eigenvalue weighted by Gasteiger charge is -2.19. The molecule has 0 aliphatic carbocycles. The largest absolute Gasteiger partial charge is 0.469 e. The fourth-order valence-electron chi connectivity index (χ4n) is 2.91. The molecule has 0 saturated carbocycles. The summed E-state index contributed by atoms with van der Waals surface area (Å²) in [7, 11) is -1.90. The summed E-state index contributed by atoms with van der Waals surface area (Å²) in [5, 5.41) is 0. The number of aryl methyl sites for hydroxylation is 1. The fourth-order valence-corrected chi connectivity index (χ4v) is 3.87. The summed E-state index contributed by atoms with van der Waals surface area (Å²) in [6.45, 7) is 2.46. The van der Waals surface area contributed by atoms with E-state index in [1.54, 1.807) is 25.1 Å². The molecule has 0 N–H and O–H groups in total. The van der Waals surface area contributed by atoms with Crippen LogP contribution in [0.15, 0.2) is 23.1 Å². The van der Waals surface area contributed by atoms with E-state index in [1.165, 1.54) is 13.4 Å². The lowest BCUT2D eigenvalue weighted by atomic mass is 9.91. The second-order valence-corrected chi connectivity index (χ2v) is 7.73. The Morgan fingerprint density at radius 2 is 2.18 bits per heavy atom. The minimum Gasteiger partial charge on any atom is -0.469 e. The van der Waals surface area contributed by atoms with Crippen LogP contribution in [0, 0.1) is 6.92 Å². The van der Waals surface area contributed by atoms with E-state index in [1.807, 2.05) is 0 Å². The zero-order chi connectivity index (χ0) is 16.3. The summed E-state index contributed by atoms with van der Waals surface area (Å²) in [5.74, 6) is -0.748. The molecule has 2 rings (SSSR count). The molecule has 1 fully saturated rings. The molecule has 1 saturated heterocycles. The van der Waals surface area contributed by atoms with Crippen molar-refractivity contribution < 1.29 is 22.7 Å². The van der Waals surface area contributed by atoms with Crippen LogP contribution in [0.4, 0.5) is 0 Å². The Morgan fingerprint density at radius 1 is 1.45 bits per heavy atom. The second kappa shape index (κ2) is 6.79. The van der Waals surface area contributed by atoms with Crippen LogP contribution in [0.3, 0.4) is 0 Å². The summed E-state index contributed by atoms with van der Waals surface area (Å²) in [4.78, 5) is 12.4. The molecule has 2 atom stereocenters. The van der Waals surface area contributed by atoms with Gasteiger partial charge in [0.2, 0.25) is 0 Å². The molecule has 0 radical (unpaired) electrons. The summed E-state index contributed by atoms with van der Waals surface area (Å²) < 4.78 is 33.9. The number of hydrogen-bond acceptors (Lipinski definition) is 5. The van der Waals surface area contributed by atoms with E-state index in [9.17, 15) is 13.2 Å². The Balaban J connectivity index is 2.31. The van der Waals surface area contributed by atoms with Gasteiger partial charge in [0.25, 0.3) is 0 Å². The minimum atomic E-state index is -3.27. The predicted molar refractivity (Wildman–Crippen MR) is 82.6 cm³/mol. The third-order valence-corrected chi connectivity index (χ3v) is 5.27. The molecule has 0 aromatic heterocycles. The van der Waals surface area contributed by atoms with Crippen LogP contribution < -0.4 is 0 Å². The molecule has 6 heteroatoms. The summed E-state index contributed by atoms with van der Waals surface area (Å²) in [6.07, 6.45) is 3.74. The van der Waals surface area contributed by atoms with E-state index >= 15 is 0 Å². The number of hydrogen-bond donors (Lipinski definition) is 0. The molecule has 1 aliphatic heterocycles. The van der Waals surface area contributed by atoms with Gasteiger partial charge in [-0.05, 0) is 43.4 Å². The van der Waals surface area contributed by atoms with Crippen molar-refractivity contribution >= 4 is 15.8 Å². The topological polar surface area (TPSA) is 69.7 Å². The van der Waals surface area contributed by atoms with Crippen molar-refractivity contribution in [3.05, 3.63) is 29.3 Å². The molecule has 122 valence electrons. The number of sulfone groups is 1. The minimum absolute atomic E-state index is 0.0546. The van der Waals surface area contributed by atoms with Gasteiger partial charge in [0.15, 0.2) is 9.84 Å². The Morgan fingerprint density at radius 3 is 2.68 bits per heavy atom. The van der Waals surface area contributed by atoms with Gasteiger partial charge in [-0.2, -0.15) is 0 Å². The summed E-state index contributed by atoms with van der Waals surface area (Å²) in [5.41, 5.74) is 1.41. The highest BCUT2D eigenvalue weighted by molar-refractivity contribution is 7.90. The number of carbonyl (C=O) groups excluding carboxylic acids is 1. The maximum absolute atomic E-state index is 12.1. The van der Waals surface area contributed by atoms with E-state index in [0.29, 0.717) is 12.0 Å². The average Bonchev–Trinajstić information content (AvgIpc) is 2.95. The van der Waals surface area contributed by atoms with E-state index in [2.05, 4.69) is 0 Å². The number of benzene rings is 1. The Labute approximate surface area is 131 Å². The lowest BCUT2D eigenvalue weighted by molar-refractivity contribution is -0.143. The SMILES string of the molecule is COC(=O)C(CC1CCCO1)c1ccc(S(C)(=O)=O)c(C)c1. The van der Waals surface area contributed by atoms with Crippen LogP contribution in [0.25, 0.3) is 0 Å². The Kier molecular flexibility index (Phi) is 5.24. The first kappa shape index (κ1) is 17.0. The number of ether oxygens (including phenoxy) is 2. The standard InChI is InChI=1S/C16H22O5S/c1-11-9-12(6-7-15(11)22(3,18)19)14(16(17)20-2)10-13-5-4-8-21-13/h6-7,9,13-14H,4-5,8,10H2,1-3H3. The van der Waals surface area contributed by atoms with Gasteiger partial charge in [-0.1, -0.05) is 12.1 Å². The van der Waals surface area contributed by atoms with Crippen molar-refractivity contribution in [2.75, 3.05) is 20.0 Å². The van der Waals surface area contributed by atoms with Crippen molar-refractivity contribution in [3.8, 4) is 0 Å². The van der Waals surface area contributed by atoms with Crippen LogP contribution in [0.5, 0.6) is 0 Å². The van der Waals surface area contributed by atoms with Crippen LogP contribution in [0.2, 0.25) is 0 Å². The summed E-state index contributed by atoms with van der Waals surface area (Å²) in [6, 6.07) is 5.01. The number of methoxy groups -OCH3 is 1. The van der Waals surface area contributed by atoms with E-state index in [-0.39, 0.29) is 17.0 Å². The first-order valence-corrected chi connectivity index (χ1v) is 9.22. The van der Waals surface area contributed by atoms with Crippen molar-refractivity contribution in [3.63, 3.8) is 0 Å². The molecule has 1 aliphatic rings. The molecule has 2 unspecified atom stereocenters. The number of carbonyl (C=O) groups is 1. The first-order valence-electron chi connectivity index (χ1n) is 7.33. The highest BCUT2D eigenvalue weighted by Gasteiger charge is 2.28. The van der Waals surface area contributed by atoms with Gasteiger partial charge >= 0.3 is 5.97 Å². The zero-order valence-corrected chi connectivity index (χ0v) is 14.0. The van der Waals surface area contributed by atoms with Crippen LogP contribution >= 0.6 is 0 Å². The van der Waals surface area contributed by atoms with E-state index < -0.39 is 15.8 Å². The van der Waals surface area contributed by atoms with Gasteiger partial charge in [-0.25, -0.2) is 8.42 Å². The molecule has 5 nitrogen and oxygen atoms in total. The molecule has 22 heavy (non-hydrogen) atoms. The third kappa shape index (κ3) is 3.87. The maximum Gasteiger partial charge on any atom is 0.313 e. The molecular formula is C16H22O5S. The summed E-state index contributed by atoms with van der Waals surface area (Å²) >= 11 is 0. The third-order valence-electron chi connectivity index (χ3n) is 4.01. The van der Waals surface area contributed by atoms with Crippen LogP contribution in [-0.4, -0.2) is 40.5 Å². The molecular weight excluding hydrogens is 304 g/mol. The van der Waals surface area contributed by atoms with Crippen molar-refractivity contribution in [2.45, 2.75) is 43.1 Å². The maximum atomic E-state index is 12.1. The average molecular weight is 326 g/mol. The van der Waals surface area contributed by atoms with Crippen molar-refractivity contribution in [1.82, 2.24) is 0 Å². The monoisotopic (exact) mass is 326 g/mol. The Bertz CT molecular complexity index is 645. The second-order valence-electron chi connectivity index (χ2n) is 5.74. The molecule has 1 aromatic rings. The molecule has 0 bridgehead atoms. The number of esters is 1. The smallest absolute Gasteiger partial charge is 0.313 e. The van der Waals surface area contributed by atoms with Gasteiger partial charge in [0.05, 0.1) is 24.0 Å². The van der Waals surface area contributed by atoms with Crippen LogP contribution in [-0.2, 0) is 24.1 Å². The van der Waals surface area contributed by atoms with Gasteiger partial charge in [-0.3, -0.25) is 4.79 Å². The van der Waals surface area contributed by atoms with E-state index in [0.717, 1.165) is 25.0 Å². The van der Waals surface area contributed by atoms with Crippen molar-refractivity contribution in [1.29, 1.82) is 0 Å². The number of rotatable bonds is 5. The zero-order valence-electron chi connectivity index (χ0n) is 13.2. The molecule has 0 amide bonds. The lowest BCUT2D eigenvalue weighted by Crippen LogP contribution is -2.20. The molecule has 1 heterocycles. The predicted octanol–water partition coefficient (Wildman–Crippen LogP) is 2.22. The van der Waals surface area contributed by atoms with Crippen LogP contribution in [0.1, 0.15) is 36.3 Å². The van der Waals surface area contributed by atoms with Crippen molar-refractivity contribution in [2.24, 2.45) is 0 Å². The highest BCUT2D eigenvalue weighted by Crippen LogP contribution is 2.30. The molecule has 1 aromatic carbocycles. The quantitative estimate of drug-likeness (QED) is 0.776. The fraction of sp³-hybridized carbons (Fsp3) is 0.562. The van der Waals surface area contributed by atoms with Gasteiger partial charge in [0, 0.05) is 12.9 Å². The highest BCUT2D eigenvalue weighted by atomic mass is 32.2.